The number of aryl methyl sites for hydroxylation is 1. The van der Waals surface area contributed by atoms with E-state index in [1.54, 1.807) is 7.11 Å². The summed E-state index contributed by atoms with van der Waals surface area (Å²) in [5.74, 6) is 1.12. The average molecular weight is 270 g/mol. The lowest BCUT2D eigenvalue weighted by Gasteiger charge is -2.15. The summed E-state index contributed by atoms with van der Waals surface area (Å²) < 4.78 is 5.16. The molecular formula is C18H22O2. The smallest absolute Gasteiger partial charge is 0.118 e. The Morgan fingerprint density at radius 2 is 1.70 bits per heavy atom. The Kier molecular flexibility index (Phi) is 5.19. The van der Waals surface area contributed by atoms with Gasteiger partial charge in [-0.25, -0.2) is 0 Å². The van der Waals surface area contributed by atoms with E-state index in [1.165, 1.54) is 16.7 Å². The van der Waals surface area contributed by atoms with E-state index in [0.717, 1.165) is 18.6 Å². The van der Waals surface area contributed by atoms with E-state index >= 15 is 0 Å². The van der Waals surface area contributed by atoms with Crippen LogP contribution in [0.25, 0.3) is 0 Å². The van der Waals surface area contributed by atoms with Gasteiger partial charge in [-0.15, -0.1) is 0 Å². The van der Waals surface area contributed by atoms with E-state index in [1.807, 2.05) is 12.1 Å². The second-order valence-electron chi connectivity index (χ2n) is 5.29. The van der Waals surface area contributed by atoms with Crippen molar-refractivity contribution in [2.75, 3.05) is 13.7 Å². The largest absolute Gasteiger partial charge is 0.497 e. The molecule has 20 heavy (non-hydrogen) atoms. The molecule has 0 aliphatic heterocycles. The molecule has 1 unspecified atom stereocenters. The number of hydrogen-bond donors (Lipinski definition) is 1. The van der Waals surface area contributed by atoms with Crippen LogP contribution in [0.4, 0.5) is 0 Å². The van der Waals surface area contributed by atoms with Gasteiger partial charge >= 0.3 is 0 Å². The molecule has 0 spiro atoms. The lowest BCUT2D eigenvalue weighted by atomic mass is 9.92. The lowest BCUT2D eigenvalue weighted by Crippen LogP contribution is -2.13. The van der Waals surface area contributed by atoms with Crippen LogP contribution in [0, 0.1) is 12.8 Å². The molecule has 0 amide bonds. The van der Waals surface area contributed by atoms with Crippen LogP contribution in [0.1, 0.15) is 16.7 Å². The van der Waals surface area contributed by atoms with Gasteiger partial charge in [-0.05, 0) is 48.9 Å². The second-order valence-corrected chi connectivity index (χ2v) is 5.29. The highest BCUT2D eigenvalue weighted by Gasteiger charge is 2.10. The molecule has 0 heterocycles. The van der Waals surface area contributed by atoms with Crippen molar-refractivity contribution in [2.45, 2.75) is 19.8 Å². The van der Waals surface area contributed by atoms with Gasteiger partial charge in [-0.1, -0.05) is 42.0 Å². The highest BCUT2D eigenvalue weighted by molar-refractivity contribution is 5.28. The van der Waals surface area contributed by atoms with E-state index in [4.69, 9.17) is 4.74 Å². The van der Waals surface area contributed by atoms with Crippen LogP contribution >= 0.6 is 0 Å². The van der Waals surface area contributed by atoms with Gasteiger partial charge in [0.05, 0.1) is 7.11 Å². The van der Waals surface area contributed by atoms with Crippen LogP contribution in [-0.2, 0) is 12.8 Å². The minimum atomic E-state index is 0.208. The minimum absolute atomic E-state index is 0.208. The van der Waals surface area contributed by atoms with Gasteiger partial charge in [0.1, 0.15) is 5.75 Å². The second kappa shape index (κ2) is 7.11. The molecule has 0 bridgehead atoms. The number of rotatable bonds is 6. The normalized spacial score (nSPS) is 12.2. The molecule has 0 saturated heterocycles. The predicted molar refractivity (Wildman–Crippen MR) is 82.2 cm³/mol. The molecular weight excluding hydrogens is 248 g/mol. The SMILES string of the molecule is COc1ccc(CC(CO)Cc2cccc(C)c2)cc1. The maximum atomic E-state index is 9.59. The van der Waals surface area contributed by atoms with Gasteiger partial charge in [0.15, 0.2) is 0 Å². The maximum absolute atomic E-state index is 9.59. The molecule has 1 N–H and O–H groups in total. The molecule has 0 aliphatic carbocycles. The van der Waals surface area contributed by atoms with Crippen LogP contribution in [-0.4, -0.2) is 18.8 Å². The number of aliphatic hydroxyl groups excluding tert-OH is 1. The van der Waals surface area contributed by atoms with Crippen molar-refractivity contribution in [3.05, 3.63) is 65.2 Å². The lowest BCUT2D eigenvalue weighted by molar-refractivity contribution is 0.225. The van der Waals surface area contributed by atoms with Crippen LogP contribution in [0.15, 0.2) is 48.5 Å². The van der Waals surface area contributed by atoms with Gasteiger partial charge in [-0.3, -0.25) is 0 Å². The van der Waals surface area contributed by atoms with Gasteiger partial charge in [-0.2, -0.15) is 0 Å². The third-order valence-corrected chi connectivity index (χ3v) is 3.55. The Morgan fingerprint density at radius 3 is 2.30 bits per heavy atom. The van der Waals surface area contributed by atoms with Gasteiger partial charge in [0.25, 0.3) is 0 Å². The quantitative estimate of drug-likeness (QED) is 0.871. The first-order valence-corrected chi connectivity index (χ1v) is 7.00. The molecule has 0 fully saturated rings. The van der Waals surface area contributed by atoms with E-state index in [-0.39, 0.29) is 12.5 Å². The minimum Gasteiger partial charge on any atom is -0.497 e. The van der Waals surface area contributed by atoms with E-state index in [9.17, 15) is 5.11 Å². The third-order valence-electron chi connectivity index (χ3n) is 3.55. The Labute approximate surface area is 121 Å². The molecule has 2 aromatic rings. The van der Waals surface area contributed by atoms with E-state index in [0.29, 0.717) is 0 Å². The van der Waals surface area contributed by atoms with Crippen LogP contribution < -0.4 is 4.74 Å². The van der Waals surface area contributed by atoms with Crippen molar-refractivity contribution in [1.82, 2.24) is 0 Å². The molecule has 0 saturated carbocycles. The molecule has 1 atom stereocenters. The van der Waals surface area contributed by atoms with Gasteiger partial charge < -0.3 is 9.84 Å². The zero-order valence-electron chi connectivity index (χ0n) is 12.2. The maximum Gasteiger partial charge on any atom is 0.118 e. The van der Waals surface area contributed by atoms with Crippen molar-refractivity contribution in [3.8, 4) is 5.75 Å². The summed E-state index contributed by atoms with van der Waals surface area (Å²) in [6, 6.07) is 16.6. The number of methoxy groups -OCH3 is 1. The fraction of sp³-hybridized carbons (Fsp3) is 0.333. The van der Waals surface area contributed by atoms with Crippen LogP contribution in [0.5, 0.6) is 5.75 Å². The summed E-state index contributed by atoms with van der Waals surface area (Å²) in [4.78, 5) is 0. The topological polar surface area (TPSA) is 29.5 Å². The van der Waals surface area contributed by atoms with Crippen molar-refractivity contribution in [3.63, 3.8) is 0 Å². The third kappa shape index (κ3) is 4.10. The Balaban J connectivity index is 2.01. The number of aliphatic hydroxyl groups is 1. The summed E-state index contributed by atoms with van der Waals surface area (Å²) in [6.45, 7) is 2.31. The fourth-order valence-electron chi connectivity index (χ4n) is 2.47. The number of ether oxygens (including phenoxy) is 1. The zero-order chi connectivity index (χ0) is 14.4. The molecule has 0 aromatic heterocycles. The van der Waals surface area contributed by atoms with Gasteiger partial charge in [0.2, 0.25) is 0 Å². The highest BCUT2D eigenvalue weighted by atomic mass is 16.5. The van der Waals surface area contributed by atoms with Crippen LogP contribution in [0.3, 0.4) is 0 Å². The first-order chi connectivity index (χ1) is 9.71. The van der Waals surface area contributed by atoms with Crippen molar-refractivity contribution >= 4 is 0 Å². The van der Waals surface area contributed by atoms with Crippen molar-refractivity contribution in [1.29, 1.82) is 0 Å². The molecule has 2 nitrogen and oxygen atoms in total. The summed E-state index contributed by atoms with van der Waals surface area (Å²) in [5.41, 5.74) is 3.79. The molecule has 2 aromatic carbocycles. The number of hydrogen-bond acceptors (Lipinski definition) is 2. The summed E-state index contributed by atoms with van der Waals surface area (Å²) in [7, 11) is 1.67. The van der Waals surface area contributed by atoms with E-state index in [2.05, 4.69) is 43.3 Å². The van der Waals surface area contributed by atoms with Crippen molar-refractivity contribution in [2.24, 2.45) is 5.92 Å². The molecule has 2 heteroatoms. The van der Waals surface area contributed by atoms with Crippen molar-refractivity contribution < 1.29 is 9.84 Å². The Morgan fingerprint density at radius 1 is 1.00 bits per heavy atom. The van der Waals surface area contributed by atoms with Crippen LogP contribution in [0.2, 0.25) is 0 Å². The standard InChI is InChI=1S/C18H22O2/c1-14-4-3-5-16(10-14)12-17(13-19)11-15-6-8-18(20-2)9-7-15/h3-10,17,19H,11-13H2,1-2H3. The molecule has 0 radical (unpaired) electrons. The van der Waals surface area contributed by atoms with E-state index < -0.39 is 0 Å². The average Bonchev–Trinajstić information content (AvgIpc) is 2.47. The monoisotopic (exact) mass is 270 g/mol. The number of benzene rings is 2. The first-order valence-electron chi connectivity index (χ1n) is 7.00. The summed E-state index contributed by atoms with van der Waals surface area (Å²) in [5, 5.41) is 9.59. The zero-order valence-corrected chi connectivity index (χ0v) is 12.2. The molecule has 0 aliphatic rings. The Hall–Kier alpha value is -1.80. The Bertz CT molecular complexity index is 531. The summed E-state index contributed by atoms with van der Waals surface area (Å²) in [6.07, 6.45) is 1.79. The summed E-state index contributed by atoms with van der Waals surface area (Å²) >= 11 is 0. The first kappa shape index (κ1) is 14.6. The van der Waals surface area contributed by atoms with Gasteiger partial charge in [0, 0.05) is 6.61 Å². The molecule has 106 valence electrons. The molecule has 2 rings (SSSR count). The highest BCUT2D eigenvalue weighted by Crippen LogP contribution is 2.18. The predicted octanol–water partition coefficient (Wildman–Crippen LogP) is 3.40. The fourth-order valence-corrected chi connectivity index (χ4v) is 2.47.